The first-order valence-electron chi connectivity index (χ1n) is 9.51. The van der Waals surface area contributed by atoms with Crippen molar-refractivity contribution in [1.29, 1.82) is 0 Å². The average molecular weight is 463 g/mol. The number of aromatic nitrogens is 2. The number of benzene rings is 1. The normalized spacial score (nSPS) is 14.1. The minimum absolute atomic E-state index is 0.0152. The Balaban J connectivity index is 1.36. The number of carbonyl (C=O) groups is 1. The molecule has 4 rings (SSSR count). The van der Waals surface area contributed by atoms with Crippen LogP contribution in [0.25, 0.3) is 0 Å². The van der Waals surface area contributed by atoms with Gasteiger partial charge in [0.1, 0.15) is 33.2 Å². The molecule has 1 aromatic carbocycles. The molecule has 1 fully saturated rings. The Labute approximate surface area is 189 Å². The summed E-state index contributed by atoms with van der Waals surface area (Å²) >= 11 is 13.3. The lowest BCUT2D eigenvalue weighted by Gasteiger charge is -2.35. The maximum atomic E-state index is 13.0. The number of hydrogen-bond donors (Lipinski definition) is 0. The van der Waals surface area contributed by atoms with Gasteiger partial charge in [0.15, 0.2) is 0 Å². The van der Waals surface area contributed by atoms with Crippen LogP contribution in [0, 0.1) is 6.92 Å². The summed E-state index contributed by atoms with van der Waals surface area (Å²) in [4.78, 5) is 26.6. The molecule has 9 heteroatoms. The van der Waals surface area contributed by atoms with Gasteiger partial charge in [-0.05, 0) is 43.3 Å². The summed E-state index contributed by atoms with van der Waals surface area (Å²) < 4.78 is 5.75. The highest BCUT2D eigenvalue weighted by Gasteiger charge is 2.26. The molecular formula is C21H20Cl2N4O2S. The number of carbonyl (C=O) groups excluding carboxylic acids is 1. The van der Waals surface area contributed by atoms with Gasteiger partial charge < -0.3 is 14.5 Å². The van der Waals surface area contributed by atoms with E-state index in [2.05, 4.69) is 14.9 Å². The number of rotatable bonds is 5. The molecule has 156 valence electrons. The summed E-state index contributed by atoms with van der Waals surface area (Å²) in [5, 5.41) is 1.90. The van der Waals surface area contributed by atoms with Crippen molar-refractivity contribution >= 4 is 46.3 Å². The number of thiazole rings is 1. The first kappa shape index (κ1) is 20.9. The Hall–Kier alpha value is -2.35. The summed E-state index contributed by atoms with van der Waals surface area (Å²) in [6, 6.07) is 12.7. The van der Waals surface area contributed by atoms with E-state index in [1.807, 2.05) is 36.1 Å². The molecule has 0 spiro atoms. The van der Waals surface area contributed by atoms with E-state index in [0.29, 0.717) is 53.6 Å². The zero-order valence-corrected chi connectivity index (χ0v) is 18.7. The van der Waals surface area contributed by atoms with Crippen LogP contribution in [0.3, 0.4) is 0 Å². The molecule has 1 amide bonds. The molecule has 3 heterocycles. The van der Waals surface area contributed by atoms with Gasteiger partial charge in [-0.1, -0.05) is 29.3 Å². The minimum Gasteiger partial charge on any atom is -0.486 e. The second-order valence-electron chi connectivity index (χ2n) is 6.86. The monoisotopic (exact) mass is 462 g/mol. The van der Waals surface area contributed by atoms with E-state index < -0.39 is 0 Å². The van der Waals surface area contributed by atoms with Gasteiger partial charge in [-0.15, -0.1) is 11.3 Å². The van der Waals surface area contributed by atoms with Crippen LogP contribution in [0.2, 0.25) is 10.2 Å². The van der Waals surface area contributed by atoms with Gasteiger partial charge in [-0.25, -0.2) is 9.97 Å². The lowest BCUT2D eigenvalue weighted by molar-refractivity contribution is 0.0750. The fourth-order valence-electron chi connectivity index (χ4n) is 3.24. The third kappa shape index (κ3) is 4.86. The van der Waals surface area contributed by atoms with Crippen molar-refractivity contribution in [2.24, 2.45) is 0 Å². The molecule has 0 N–H and O–H groups in total. The number of hydrogen-bond acceptors (Lipinski definition) is 6. The van der Waals surface area contributed by atoms with Crippen LogP contribution in [-0.4, -0.2) is 47.0 Å². The van der Waals surface area contributed by atoms with Crippen LogP contribution in [0.4, 0.5) is 5.82 Å². The van der Waals surface area contributed by atoms with Crippen molar-refractivity contribution in [3.05, 3.63) is 68.2 Å². The molecule has 30 heavy (non-hydrogen) atoms. The third-order valence-corrected chi connectivity index (χ3v) is 6.38. The maximum absolute atomic E-state index is 13.0. The Morgan fingerprint density at radius 1 is 1.07 bits per heavy atom. The van der Waals surface area contributed by atoms with E-state index in [0.717, 1.165) is 16.5 Å². The van der Waals surface area contributed by atoms with Gasteiger partial charge >= 0.3 is 0 Å². The lowest BCUT2D eigenvalue weighted by Crippen LogP contribution is -2.49. The van der Waals surface area contributed by atoms with E-state index >= 15 is 0 Å². The first-order chi connectivity index (χ1) is 14.5. The van der Waals surface area contributed by atoms with Gasteiger partial charge in [0.05, 0.1) is 5.69 Å². The number of halogens is 2. The summed E-state index contributed by atoms with van der Waals surface area (Å²) in [7, 11) is 0. The lowest BCUT2D eigenvalue weighted by atomic mass is 10.2. The first-order valence-corrected chi connectivity index (χ1v) is 11.1. The van der Waals surface area contributed by atoms with Crippen LogP contribution in [-0.2, 0) is 6.61 Å². The fourth-order valence-corrected chi connectivity index (χ4v) is 4.48. The van der Waals surface area contributed by atoms with Gasteiger partial charge in [-0.2, -0.15) is 0 Å². The number of anilines is 1. The predicted molar refractivity (Wildman–Crippen MR) is 120 cm³/mol. The van der Waals surface area contributed by atoms with Gasteiger partial charge in [0, 0.05) is 31.2 Å². The zero-order valence-electron chi connectivity index (χ0n) is 16.3. The predicted octanol–water partition coefficient (Wildman–Crippen LogP) is 4.69. The molecule has 0 unspecified atom stereocenters. The van der Waals surface area contributed by atoms with Crippen molar-refractivity contribution in [3.8, 4) is 5.75 Å². The number of amides is 1. The molecule has 6 nitrogen and oxygen atoms in total. The minimum atomic E-state index is 0.0152. The molecular weight excluding hydrogens is 443 g/mol. The van der Waals surface area contributed by atoms with Crippen LogP contribution >= 0.6 is 34.5 Å². The number of piperazine rings is 1. The van der Waals surface area contributed by atoms with E-state index in [1.54, 1.807) is 18.2 Å². The van der Waals surface area contributed by atoms with E-state index in [1.165, 1.54) is 11.3 Å². The third-order valence-electron chi connectivity index (χ3n) is 4.80. The Morgan fingerprint density at radius 3 is 2.50 bits per heavy atom. The van der Waals surface area contributed by atoms with Crippen LogP contribution in [0.5, 0.6) is 5.75 Å². The standard InChI is InChI=1S/C21H20Cl2N4O2S/c1-14-20(30-19(24-14)13-29-16-7-5-15(22)6-8-16)21(28)27-11-9-26(10-12-27)18-4-2-3-17(23)25-18/h2-8H,9-13H2,1H3. The van der Waals surface area contributed by atoms with Gasteiger partial charge in [0.25, 0.3) is 5.91 Å². The second-order valence-corrected chi connectivity index (χ2v) is 8.77. The largest absolute Gasteiger partial charge is 0.486 e. The number of pyridine rings is 1. The molecule has 0 aliphatic carbocycles. The van der Waals surface area contributed by atoms with Crippen molar-refractivity contribution in [2.75, 3.05) is 31.1 Å². The molecule has 0 radical (unpaired) electrons. The molecule has 1 aliphatic rings. The molecule has 0 bridgehead atoms. The topological polar surface area (TPSA) is 58.6 Å². The molecule has 1 aliphatic heterocycles. The molecule has 0 saturated carbocycles. The highest BCUT2D eigenvalue weighted by Crippen LogP contribution is 2.24. The van der Waals surface area contributed by atoms with Crippen LogP contribution in [0.15, 0.2) is 42.5 Å². The quantitative estimate of drug-likeness (QED) is 0.514. The summed E-state index contributed by atoms with van der Waals surface area (Å²) in [5.41, 5.74) is 0.735. The SMILES string of the molecule is Cc1nc(COc2ccc(Cl)cc2)sc1C(=O)N1CCN(c2cccc(Cl)n2)CC1. The summed E-state index contributed by atoms with van der Waals surface area (Å²) in [6.07, 6.45) is 0. The maximum Gasteiger partial charge on any atom is 0.265 e. The average Bonchev–Trinajstić information content (AvgIpc) is 3.13. The molecule has 3 aromatic rings. The molecule has 0 atom stereocenters. The molecule has 2 aromatic heterocycles. The van der Waals surface area contributed by atoms with E-state index in [9.17, 15) is 4.79 Å². The van der Waals surface area contributed by atoms with E-state index in [-0.39, 0.29) is 5.91 Å². The Kier molecular flexibility index (Phi) is 6.41. The fraction of sp³-hybridized carbons (Fsp3) is 0.286. The zero-order chi connectivity index (χ0) is 21.1. The Bertz CT molecular complexity index is 1030. The number of nitrogens with zero attached hydrogens (tertiary/aromatic N) is 4. The summed E-state index contributed by atoms with van der Waals surface area (Å²) in [6.45, 7) is 4.85. The van der Waals surface area contributed by atoms with Crippen LogP contribution < -0.4 is 9.64 Å². The van der Waals surface area contributed by atoms with Crippen molar-refractivity contribution < 1.29 is 9.53 Å². The van der Waals surface area contributed by atoms with Crippen molar-refractivity contribution in [3.63, 3.8) is 0 Å². The van der Waals surface area contributed by atoms with Crippen LogP contribution in [0.1, 0.15) is 20.4 Å². The van der Waals surface area contributed by atoms with Crippen molar-refractivity contribution in [1.82, 2.24) is 14.9 Å². The Morgan fingerprint density at radius 2 is 1.80 bits per heavy atom. The van der Waals surface area contributed by atoms with Gasteiger partial charge in [-0.3, -0.25) is 4.79 Å². The summed E-state index contributed by atoms with van der Waals surface area (Å²) in [5.74, 6) is 1.57. The molecule has 1 saturated heterocycles. The smallest absolute Gasteiger partial charge is 0.265 e. The highest BCUT2D eigenvalue weighted by molar-refractivity contribution is 7.13. The van der Waals surface area contributed by atoms with E-state index in [4.69, 9.17) is 27.9 Å². The number of aryl methyl sites for hydroxylation is 1. The van der Waals surface area contributed by atoms with Gasteiger partial charge in [0.2, 0.25) is 0 Å². The number of ether oxygens (including phenoxy) is 1. The van der Waals surface area contributed by atoms with Crippen molar-refractivity contribution in [2.45, 2.75) is 13.5 Å². The highest BCUT2D eigenvalue weighted by atomic mass is 35.5. The second kappa shape index (κ2) is 9.20.